The summed E-state index contributed by atoms with van der Waals surface area (Å²) in [6.07, 6.45) is -3.11. The van der Waals surface area contributed by atoms with Crippen LogP contribution >= 0.6 is 0 Å². The number of fused-ring (bicyclic) bond motifs is 1. The maximum atomic E-state index is 14.0. The van der Waals surface area contributed by atoms with Crippen molar-refractivity contribution in [3.8, 4) is 28.4 Å². The van der Waals surface area contributed by atoms with E-state index in [4.69, 9.17) is 9.47 Å². The molecule has 0 atom stereocenters. The highest BCUT2D eigenvalue weighted by molar-refractivity contribution is 5.94. The van der Waals surface area contributed by atoms with Crippen molar-refractivity contribution in [1.29, 1.82) is 0 Å². The first-order valence-electron chi connectivity index (χ1n) is 10.9. The van der Waals surface area contributed by atoms with Gasteiger partial charge in [-0.25, -0.2) is 0 Å². The van der Waals surface area contributed by atoms with Crippen molar-refractivity contribution in [3.63, 3.8) is 0 Å². The molecule has 10 heteroatoms. The molecule has 35 heavy (non-hydrogen) atoms. The summed E-state index contributed by atoms with van der Waals surface area (Å²) < 4.78 is 53.4. The van der Waals surface area contributed by atoms with Gasteiger partial charge in [0.25, 0.3) is 11.5 Å². The fourth-order valence-corrected chi connectivity index (χ4v) is 4.25. The second-order valence-electron chi connectivity index (χ2n) is 8.41. The second-order valence-corrected chi connectivity index (χ2v) is 8.41. The quantitative estimate of drug-likeness (QED) is 0.541. The van der Waals surface area contributed by atoms with Crippen molar-refractivity contribution < 1.29 is 27.4 Å². The Morgan fingerprint density at radius 2 is 1.63 bits per heavy atom. The highest BCUT2D eigenvalue weighted by atomic mass is 19.4. The smallest absolute Gasteiger partial charge is 0.418 e. The Morgan fingerprint density at radius 3 is 2.20 bits per heavy atom. The molecule has 0 fully saturated rings. The Kier molecular flexibility index (Phi) is 6.31. The molecule has 0 saturated heterocycles. The first-order valence-corrected chi connectivity index (χ1v) is 10.9. The molecule has 0 unspecified atom stereocenters. The average molecular weight is 487 g/mol. The number of amides is 1. The molecule has 0 radical (unpaired) electrons. The molecule has 0 aliphatic heterocycles. The number of benzene rings is 2. The molecule has 0 saturated carbocycles. The lowest BCUT2D eigenvalue weighted by Gasteiger charge is -2.19. The minimum Gasteiger partial charge on any atom is -0.497 e. The molecule has 1 aliphatic rings. The lowest BCUT2D eigenvalue weighted by atomic mass is 10.0. The number of alkyl halides is 3. The third-order valence-corrected chi connectivity index (χ3v) is 5.96. The van der Waals surface area contributed by atoms with E-state index in [1.165, 1.54) is 33.2 Å². The van der Waals surface area contributed by atoms with E-state index in [1.807, 2.05) is 0 Å². The molecule has 1 aromatic heterocycles. The molecule has 3 aromatic rings. The number of aromatic nitrogens is 2. The summed E-state index contributed by atoms with van der Waals surface area (Å²) in [7, 11) is 5.96. The van der Waals surface area contributed by atoms with Gasteiger partial charge in [-0.2, -0.15) is 23.0 Å². The van der Waals surface area contributed by atoms with E-state index >= 15 is 0 Å². The third kappa shape index (κ3) is 4.48. The Balaban J connectivity index is 2.04. The first kappa shape index (κ1) is 24.3. The van der Waals surface area contributed by atoms with Crippen molar-refractivity contribution in [2.24, 2.45) is 0 Å². The fourth-order valence-electron chi connectivity index (χ4n) is 4.25. The van der Waals surface area contributed by atoms with Gasteiger partial charge < -0.3 is 14.4 Å². The molecular formula is C25H24F3N3O4. The molecular weight excluding hydrogens is 463 g/mol. The van der Waals surface area contributed by atoms with Gasteiger partial charge in [-0.15, -0.1) is 0 Å². The van der Waals surface area contributed by atoms with Gasteiger partial charge >= 0.3 is 6.18 Å². The Hall–Kier alpha value is -3.82. The van der Waals surface area contributed by atoms with Crippen LogP contribution in [0, 0.1) is 0 Å². The maximum absolute atomic E-state index is 14.0. The van der Waals surface area contributed by atoms with Crippen LogP contribution in [0.15, 0.2) is 41.2 Å². The van der Waals surface area contributed by atoms with Crippen LogP contribution in [-0.2, 0) is 19.0 Å². The van der Waals surface area contributed by atoms with Crippen LogP contribution in [0.3, 0.4) is 0 Å². The van der Waals surface area contributed by atoms with Gasteiger partial charge in [0.15, 0.2) is 0 Å². The largest absolute Gasteiger partial charge is 0.497 e. The number of halogens is 3. The molecule has 1 amide bonds. The normalized spacial score (nSPS) is 12.9. The van der Waals surface area contributed by atoms with Gasteiger partial charge in [-0.3, -0.25) is 9.59 Å². The van der Waals surface area contributed by atoms with Crippen molar-refractivity contribution in [2.45, 2.75) is 25.4 Å². The highest BCUT2D eigenvalue weighted by Crippen LogP contribution is 2.37. The van der Waals surface area contributed by atoms with Crippen LogP contribution in [0.25, 0.3) is 16.9 Å². The summed E-state index contributed by atoms with van der Waals surface area (Å²) in [4.78, 5) is 27.1. The van der Waals surface area contributed by atoms with Crippen LogP contribution in [-0.4, -0.2) is 48.9 Å². The zero-order chi connectivity index (χ0) is 25.5. The van der Waals surface area contributed by atoms with Gasteiger partial charge in [-0.1, -0.05) is 0 Å². The van der Waals surface area contributed by atoms with E-state index < -0.39 is 28.9 Å². The summed E-state index contributed by atoms with van der Waals surface area (Å²) in [5.74, 6) is 0.451. The molecule has 0 N–H and O–H groups in total. The van der Waals surface area contributed by atoms with E-state index in [0.29, 0.717) is 53.1 Å². The number of carbonyl (C=O) groups is 1. The Labute approximate surface area is 199 Å². The van der Waals surface area contributed by atoms with E-state index in [0.717, 1.165) is 22.9 Å². The summed E-state index contributed by atoms with van der Waals surface area (Å²) >= 11 is 0. The lowest BCUT2D eigenvalue weighted by molar-refractivity contribution is -0.137. The van der Waals surface area contributed by atoms with Crippen LogP contribution in [0.5, 0.6) is 11.5 Å². The molecule has 0 spiro atoms. The van der Waals surface area contributed by atoms with Crippen LogP contribution in [0.4, 0.5) is 13.2 Å². The number of ether oxygens (including phenoxy) is 2. The lowest BCUT2D eigenvalue weighted by Crippen LogP contribution is -2.29. The van der Waals surface area contributed by atoms with Gasteiger partial charge in [-0.05, 0) is 55.2 Å². The number of hydrogen-bond acceptors (Lipinski definition) is 5. The van der Waals surface area contributed by atoms with Crippen LogP contribution < -0.4 is 15.0 Å². The SMILES string of the molecule is COc1cc(OC)cc(-c2nn(-c3cc(C(=O)N(C)C)ccc3C(F)(F)F)c(=O)c3c2CCC3)c1. The van der Waals surface area contributed by atoms with Gasteiger partial charge in [0.05, 0.1) is 31.2 Å². The number of methoxy groups -OCH3 is 2. The van der Waals surface area contributed by atoms with E-state index in [2.05, 4.69) is 5.10 Å². The minimum atomic E-state index is -4.77. The zero-order valence-corrected chi connectivity index (χ0v) is 19.7. The summed E-state index contributed by atoms with van der Waals surface area (Å²) in [6, 6.07) is 8.01. The van der Waals surface area contributed by atoms with Crippen LogP contribution in [0.1, 0.15) is 33.5 Å². The maximum Gasteiger partial charge on any atom is 0.418 e. The Bertz CT molecular complexity index is 1340. The molecule has 7 nitrogen and oxygen atoms in total. The molecule has 4 rings (SSSR count). The molecule has 1 heterocycles. The van der Waals surface area contributed by atoms with E-state index in [-0.39, 0.29) is 5.56 Å². The number of carbonyl (C=O) groups excluding carboxylic acids is 1. The number of nitrogens with zero attached hydrogens (tertiary/aromatic N) is 3. The minimum absolute atomic E-state index is 0.0109. The molecule has 2 aromatic carbocycles. The number of hydrogen-bond donors (Lipinski definition) is 0. The molecule has 184 valence electrons. The summed E-state index contributed by atoms with van der Waals surface area (Å²) in [5, 5.41) is 4.42. The van der Waals surface area contributed by atoms with Gasteiger partial charge in [0.1, 0.15) is 11.5 Å². The standard InChI is InChI=1S/C25H24F3N3O4/c1-30(2)23(32)14-8-9-20(25(26,27)28)21(12-14)31-24(33)19-7-5-6-18(19)22(29-31)15-10-16(34-3)13-17(11-15)35-4/h8-13H,5-7H2,1-4H3. The summed E-state index contributed by atoms with van der Waals surface area (Å²) in [6.45, 7) is 0. The summed E-state index contributed by atoms with van der Waals surface area (Å²) in [5.41, 5.74) is -0.165. The monoisotopic (exact) mass is 487 g/mol. The van der Waals surface area contributed by atoms with Crippen molar-refractivity contribution >= 4 is 5.91 Å². The second kappa shape index (κ2) is 9.09. The Morgan fingerprint density at radius 1 is 1.00 bits per heavy atom. The topological polar surface area (TPSA) is 73.7 Å². The van der Waals surface area contributed by atoms with Gasteiger partial charge in [0, 0.05) is 36.9 Å². The predicted molar refractivity (Wildman–Crippen MR) is 123 cm³/mol. The highest BCUT2D eigenvalue weighted by Gasteiger charge is 2.36. The van der Waals surface area contributed by atoms with Crippen molar-refractivity contribution in [1.82, 2.24) is 14.7 Å². The zero-order valence-electron chi connectivity index (χ0n) is 19.7. The molecule has 1 aliphatic carbocycles. The van der Waals surface area contributed by atoms with Crippen molar-refractivity contribution in [2.75, 3.05) is 28.3 Å². The van der Waals surface area contributed by atoms with E-state index in [1.54, 1.807) is 18.2 Å². The fraction of sp³-hybridized carbons (Fsp3) is 0.320. The third-order valence-electron chi connectivity index (χ3n) is 5.96. The van der Waals surface area contributed by atoms with Crippen LogP contribution in [0.2, 0.25) is 0 Å². The van der Waals surface area contributed by atoms with Crippen molar-refractivity contribution in [3.05, 3.63) is 69.0 Å². The number of rotatable bonds is 5. The van der Waals surface area contributed by atoms with E-state index in [9.17, 15) is 22.8 Å². The predicted octanol–water partition coefficient (Wildman–Crippen LogP) is 4.13. The van der Waals surface area contributed by atoms with Gasteiger partial charge in [0.2, 0.25) is 0 Å². The average Bonchev–Trinajstić information content (AvgIpc) is 3.33. The molecule has 0 bridgehead atoms. The first-order chi connectivity index (χ1) is 16.5.